The number of rotatable bonds is 7. The van der Waals surface area contributed by atoms with Crippen molar-refractivity contribution in [2.24, 2.45) is 0 Å². The maximum atomic E-state index is 6.29. The summed E-state index contributed by atoms with van der Waals surface area (Å²) in [4.78, 5) is 5.19. The van der Waals surface area contributed by atoms with Crippen LogP contribution in [0.2, 0.25) is 6.04 Å². The van der Waals surface area contributed by atoms with E-state index in [-0.39, 0.29) is 5.22 Å². The lowest BCUT2D eigenvalue weighted by molar-refractivity contribution is -0.0821. The van der Waals surface area contributed by atoms with Gasteiger partial charge in [-0.2, -0.15) is 0 Å². The minimum absolute atomic E-state index is 0.252. The molecule has 136 valence electrons. The molecule has 2 saturated heterocycles. The Hall–Kier alpha value is 0.0169. The summed E-state index contributed by atoms with van der Waals surface area (Å²) in [5.41, 5.74) is 0. The van der Waals surface area contributed by atoms with Crippen molar-refractivity contribution in [2.75, 3.05) is 54.1 Å². The monoisotopic (exact) mass is 344 g/mol. The summed E-state index contributed by atoms with van der Waals surface area (Å²) in [6.45, 7) is 10.2. The van der Waals surface area contributed by atoms with Crippen LogP contribution in [0.25, 0.3) is 0 Å². The average Bonchev–Trinajstić information content (AvgIpc) is 2.62. The Morgan fingerprint density at radius 2 is 1.70 bits per heavy atom. The summed E-state index contributed by atoms with van der Waals surface area (Å²) in [7, 11) is 3.15. The Morgan fingerprint density at radius 1 is 1.04 bits per heavy atom. The van der Waals surface area contributed by atoms with Crippen LogP contribution in [0.3, 0.4) is 0 Å². The summed E-state index contributed by atoms with van der Waals surface area (Å²) >= 11 is 0. The van der Waals surface area contributed by atoms with Gasteiger partial charge in [0.2, 0.25) is 0 Å². The lowest BCUT2D eigenvalue weighted by atomic mass is 9.97. The van der Waals surface area contributed by atoms with E-state index in [2.05, 4.69) is 23.6 Å². The van der Waals surface area contributed by atoms with Gasteiger partial charge >= 0.3 is 8.56 Å². The van der Waals surface area contributed by atoms with Crippen LogP contribution in [0.4, 0.5) is 0 Å². The maximum absolute atomic E-state index is 6.29. The van der Waals surface area contributed by atoms with Crippen molar-refractivity contribution in [1.82, 2.24) is 9.80 Å². The van der Waals surface area contributed by atoms with Crippen LogP contribution in [-0.4, -0.2) is 83.7 Å². The molecule has 0 N–H and O–H groups in total. The van der Waals surface area contributed by atoms with Crippen molar-refractivity contribution in [3.05, 3.63) is 0 Å². The topological polar surface area (TPSA) is 34.2 Å². The summed E-state index contributed by atoms with van der Waals surface area (Å²) < 4.78 is 18.5. The van der Waals surface area contributed by atoms with E-state index in [0.29, 0.717) is 6.04 Å². The van der Waals surface area contributed by atoms with Crippen LogP contribution in [0.15, 0.2) is 0 Å². The number of ether oxygens (including phenoxy) is 1. The Balaban J connectivity index is 2.28. The fraction of sp³-hybridized carbons (Fsp3) is 1.00. The zero-order valence-corrected chi connectivity index (χ0v) is 16.8. The Labute approximate surface area is 143 Å². The van der Waals surface area contributed by atoms with Crippen molar-refractivity contribution >= 4 is 8.56 Å². The van der Waals surface area contributed by atoms with Gasteiger partial charge in [0.25, 0.3) is 0 Å². The third-order valence-corrected chi connectivity index (χ3v) is 10.5. The smallest absolute Gasteiger partial charge is 0.372 e. The fourth-order valence-corrected chi connectivity index (χ4v) is 8.99. The molecule has 5 nitrogen and oxygen atoms in total. The molecule has 0 spiro atoms. The van der Waals surface area contributed by atoms with E-state index in [4.69, 9.17) is 13.6 Å². The highest BCUT2D eigenvalue weighted by atomic mass is 28.4. The average molecular weight is 345 g/mol. The first-order valence-corrected chi connectivity index (χ1v) is 11.3. The third kappa shape index (κ3) is 3.39. The maximum Gasteiger partial charge on any atom is 0.372 e. The number of methoxy groups -OCH3 is 1. The molecule has 2 unspecified atom stereocenters. The van der Waals surface area contributed by atoms with Gasteiger partial charge in [-0.3, -0.25) is 4.90 Å². The van der Waals surface area contributed by atoms with Gasteiger partial charge in [0, 0.05) is 53.6 Å². The number of piperazine rings is 1. The quantitative estimate of drug-likeness (QED) is 0.662. The summed E-state index contributed by atoms with van der Waals surface area (Å²) in [6.07, 6.45) is 4.50. The van der Waals surface area contributed by atoms with E-state index in [0.717, 1.165) is 51.6 Å². The van der Waals surface area contributed by atoms with Crippen molar-refractivity contribution < 1.29 is 13.6 Å². The van der Waals surface area contributed by atoms with Gasteiger partial charge in [0.15, 0.2) is 0 Å². The second kappa shape index (κ2) is 8.40. The zero-order valence-electron chi connectivity index (χ0n) is 15.8. The highest BCUT2D eigenvalue weighted by Crippen LogP contribution is 2.45. The van der Waals surface area contributed by atoms with Gasteiger partial charge < -0.3 is 18.5 Å². The molecule has 0 aromatic carbocycles. The lowest BCUT2D eigenvalue weighted by Gasteiger charge is -2.56. The SMILES string of the molecule is CCCC1(OC)C(N2CCN(CC)CC2)CCC[Si]1(OC)OC. The second-order valence-electron chi connectivity index (χ2n) is 6.88. The molecule has 2 aliphatic heterocycles. The standard InChI is InChI=1S/C17H36N2O3Si/c1-6-10-17(20-3)16(9-8-15-23(17,21-4)22-5)19-13-11-18(7-2)12-14-19/h16H,6-15H2,1-5H3. The molecule has 2 aliphatic rings. The predicted octanol–water partition coefficient (Wildman–Crippen LogP) is 2.25. The first kappa shape index (κ1) is 19.3. The van der Waals surface area contributed by atoms with Crippen molar-refractivity contribution in [3.63, 3.8) is 0 Å². The minimum Gasteiger partial charge on any atom is -0.396 e. The molecular weight excluding hydrogens is 308 g/mol. The highest BCUT2D eigenvalue weighted by Gasteiger charge is 2.64. The first-order valence-electron chi connectivity index (χ1n) is 9.24. The van der Waals surface area contributed by atoms with Crippen LogP contribution in [-0.2, 0) is 13.6 Å². The number of hydrogen-bond acceptors (Lipinski definition) is 5. The van der Waals surface area contributed by atoms with Crippen molar-refractivity contribution in [3.8, 4) is 0 Å². The van der Waals surface area contributed by atoms with Gasteiger partial charge in [-0.05, 0) is 31.9 Å². The van der Waals surface area contributed by atoms with Gasteiger partial charge in [0.05, 0.1) is 0 Å². The molecule has 0 amide bonds. The van der Waals surface area contributed by atoms with Crippen LogP contribution >= 0.6 is 0 Å². The van der Waals surface area contributed by atoms with Gasteiger partial charge in [-0.1, -0.05) is 20.3 Å². The van der Waals surface area contributed by atoms with E-state index in [1.165, 1.54) is 12.8 Å². The molecule has 0 aromatic heterocycles. The Morgan fingerprint density at radius 3 is 2.17 bits per heavy atom. The molecule has 0 aliphatic carbocycles. The molecule has 0 saturated carbocycles. The lowest BCUT2D eigenvalue weighted by Crippen LogP contribution is -2.74. The van der Waals surface area contributed by atoms with Gasteiger partial charge in [0.1, 0.15) is 5.22 Å². The Bertz CT molecular complexity index is 360. The summed E-state index contributed by atoms with van der Waals surface area (Å²) in [5.74, 6) is 0. The van der Waals surface area contributed by atoms with E-state index < -0.39 is 8.56 Å². The van der Waals surface area contributed by atoms with E-state index in [1.54, 1.807) is 0 Å². The number of likely N-dealkylation sites (N-methyl/N-ethyl adjacent to an activating group) is 1. The molecule has 23 heavy (non-hydrogen) atoms. The molecular formula is C17H36N2O3Si. The molecule has 2 fully saturated rings. The first-order chi connectivity index (χ1) is 11.1. The minimum atomic E-state index is -2.38. The number of nitrogens with zero attached hydrogens (tertiary/aromatic N) is 2. The summed E-state index contributed by atoms with van der Waals surface area (Å²) in [5, 5.41) is -0.252. The fourth-order valence-electron chi connectivity index (χ4n) is 4.85. The third-order valence-electron chi connectivity index (χ3n) is 6.11. The van der Waals surface area contributed by atoms with Crippen LogP contribution in [0, 0.1) is 0 Å². The van der Waals surface area contributed by atoms with Gasteiger partial charge in [-0.25, -0.2) is 0 Å². The number of hydrogen-bond donors (Lipinski definition) is 0. The van der Waals surface area contributed by atoms with Gasteiger partial charge in [-0.15, -0.1) is 0 Å². The zero-order chi connectivity index (χ0) is 16.9. The van der Waals surface area contributed by atoms with Crippen LogP contribution < -0.4 is 0 Å². The molecule has 0 radical (unpaired) electrons. The Kier molecular flexibility index (Phi) is 7.07. The van der Waals surface area contributed by atoms with Crippen LogP contribution in [0.1, 0.15) is 39.5 Å². The molecule has 6 heteroatoms. The molecule has 0 bridgehead atoms. The molecule has 0 aromatic rings. The second-order valence-corrected chi connectivity index (χ2v) is 10.6. The largest absolute Gasteiger partial charge is 0.396 e. The van der Waals surface area contributed by atoms with E-state index in [9.17, 15) is 0 Å². The highest BCUT2D eigenvalue weighted by molar-refractivity contribution is 6.71. The van der Waals surface area contributed by atoms with Crippen LogP contribution in [0.5, 0.6) is 0 Å². The molecule has 2 rings (SSSR count). The normalized spacial score (nSPS) is 33.0. The van der Waals surface area contributed by atoms with E-state index >= 15 is 0 Å². The molecule has 2 atom stereocenters. The van der Waals surface area contributed by atoms with Crippen molar-refractivity contribution in [2.45, 2.75) is 56.8 Å². The molecule has 2 heterocycles. The van der Waals surface area contributed by atoms with Crippen molar-refractivity contribution in [1.29, 1.82) is 0 Å². The predicted molar refractivity (Wildman–Crippen MR) is 95.9 cm³/mol. The summed E-state index contributed by atoms with van der Waals surface area (Å²) in [6, 6.07) is 1.46. The van der Waals surface area contributed by atoms with E-state index in [1.807, 2.05) is 21.3 Å².